The Labute approximate surface area is 123 Å². The third kappa shape index (κ3) is 4.81. The number of aldehydes is 1. The summed E-state index contributed by atoms with van der Waals surface area (Å²) in [7, 11) is 0. The minimum atomic E-state index is -1.60. The zero-order valence-electron chi connectivity index (χ0n) is 12.2. The summed E-state index contributed by atoms with van der Waals surface area (Å²) < 4.78 is 0. The first-order chi connectivity index (χ1) is 9.91. The summed E-state index contributed by atoms with van der Waals surface area (Å²) in [6, 6.07) is 0. The molecule has 1 aliphatic rings. The maximum Gasteiger partial charge on any atom is 0.303 e. The lowest BCUT2D eigenvalue weighted by Gasteiger charge is -2.22. The van der Waals surface area contributed by atoms with Gasteiger partial charge in [-0.25, -0.2) is 0 Å². The van der Waals surface area contributed by atoms with Crippen molar-refractivity contribution in [1.82, 2.24) is 0 Å². The number of hydrogen-bond acceptors (Lipinski definition) is 4. The van der Waals surface area contributed by atoms with E-state index in [4.69, 9.17) is 5.11 Å². The summed E-state index contributed by atoms with van der Waals surface area (Å²) >= 11 is 0. The molecule has 6 nitrogen and oxygen atoms in total. The molecule has 1 rings (SSSR count). The first kappa shape index (κ1) is 17.1. The molecule has 0 spiro atoms. The van der Waals surface area contributed by atoms with Crippen LogP contribution in [0.2, 0.25) is 0 Å². The van der Waals surface area contributed by atoms with Gasteiger partial charge in [0.25, 0.3) is 5.54 Å². The summed E-state index contributed by atoms with van der Waals surface area (Å²) in [6.07, 6.45) is 8.02. The van der Waals surface area contributed by atoms with Gasteiger partial charge in [0.1, 0.15) is 0 Å². The first-order valence-corrected chi connectivity index (χ1v) is 7.12. The van der Waals surface area contributed by atoms with Crippen LogP contribution in [0.5, 0.6) is 0 Å². The Bertz CT molecular complexity index is 480. The van der Waals surface area contributed by atoms with E-state index in [1.807, 2.05) is 6.92 Å². The van der Waals surface area contributed by atoms with Crippen molar-refractivity contribution in [2.75, 3.05) is 0 Å². The van der Waals surface area contributed by atoms with Gasteiger partial charge in [-0.15, -0.1) is 0 Å². The predicted octanol–water partition coefficient (Wildman–Crippen LogP) is 2.90. The lowest BCUT2D eigenvalue weighted by molar-refractivity contribution is -0.535. The number of carboxylic acids is 1. The highest BCUT2D eigenvalue weighted by molar-refractivity contribution is 5.68. The molecule has 0 aromatic rings. The van der Waals surface area contributed by atoms with Crippen LogP contribution in [0.4, 0.5) is 0 Å². The highest BCUT2D eigenvalue weighted by atomic mass is 16.6. The first-order valence-electron chi connectivity index (χ1n) is 7.12. The van der Waals surface area contributed by atoms with Gasteiger partial charge in [-0.1, -0.05) is 24.5 Å². The molecule has 1 N–H and O–H groups in total. The molecular formula is C15H21NO5. The quantitative estimate of drug-likeness (QED) is 0.305. The third-order valence-corrected chi connectivity index (χ3v) is 3.80. The number of allylic oxidation sites excluding steroid dienone is 2. The minimum Gasteiger partial charge on any atom is -0.481 e. The average molecular weight is 295 g/mol. The molecule has 0 bridgehead atoms. The molecule has 0 aliphatic heterocycles. The summed E-state index contributed by atoms with van der Waals surface area (Å²) in [6.45, 7) is 1.82. The Hall–Kier alpha value is -1.98. The van der Waals surface area contributed by atoms with Crippen molar-refractivity contribution in [1.29, 1.82) is 0 Å². The zero-order valence-corrected chi connectivity index (χ0v) is 12.2. The standard InChI is InChI=1S/C15H21NO5/c1-12-10-15(11-17,16(20)21)9-8-13(12)6-4-2-3-5-7-14(18)19/h8-9,11H,2-7,10H2,1H3,(H,18,19). The van der Waals surface area contributed by atoms with Crippen LogP contribution in [-0.2, 0) is 9.59 Å². The van der Waals surface area contributed by atoms with Gasteiger partial charge in [0.05, 0.1) is 6.42 Å². The summed E-state index contributed by atoms with van der Waals surface area (Å²) in [5, 5.41) is 19.5. The van der Waals surface area contributed by atoms with E-state index in [0.29, 0.717) is 12.7 Å². The Morgan fingerprint density at radius 3 is 2.62 bits per heavy atom. The largest absolute Gasteiger partial charge is 0.481 e. The van der Waals surface area contributed by atoms with E-state index in [9.17, 15) is 19.7 Å². The number of nitro groups is 1. The molecule has 0 heterocycles. The summed E-state index contributed by atoms with van der Waals surface area (Å²) in [4.78, 5) is 31.8. The van der Waals surface area contributed by atoms with Crippen molar-refractivity contribution in [2.45, 2.75) is 57.4 Å². The van der Waals surface area contributed by atoms with E-state index in [2.05, 4.69) is 0 Å². The maximum atomic E-state index is 11.0. The van der Waals surface area contributed by atoms with Gasteiger partial charge in [-0.2, -0.15) is 0 Å². The molecule has 0 aromatic heterocycles. The van der Waals surface area contributed by atoms with Crippen LogP contribution in [0, 0.1) is 10.1 Å². The smallest absolute Gasteiger partial charge is 0.303 e. The van der Waals surface area contributed by atoms with E-state index < -0.39 is 16.4 Å². The topological polar surface area (TPSA) is 97.5 Å². The second-order valence-corrected chi connectivity index (χ2v) is 5.49. The van der Waals surface area contributed by atoms with Crippen LogP contribution in [0.3, 0.4) is 0 Å². The Morgan fingerprint density at radius 1 is 1.43 bits per heavy atom. The van der Waals surface area contributed by atoms with Gasteiger partial charge in [-0.3, -0.25) is 19.7 Å². The number of carboxylic acid groups (broad SMARTS) is 1. The zero-order chi connectivity index (χ0) is 15.9. The van der Waals surface area contributed by atoms with Gasteiger partial charge >= 0.3 is 5.97 Å². The van der Waals surface area contributed by atoms with Gasteiger partial charge < -0.3 is 5.11 Å². The number of carbonyl (C=O) groups is 2. The van der Waals surface area contributed by atoms with Gasteiger partial charge in [-0.05, 0) is 31.8 Å². The molecule has 0 amide bonds. The van der Waals surface area contributed by atoms with Crippen molar-refractivity contribution >= 4 is 12.3 Å². The minimum absolute atomic E-state index is 0.133. The number of unbranched alkanes of at least 4 members (excludes halogenated alkanes) is 3. The predicted molar refractivity (Wildman–Crippen MR) is 77.6 cm³/mol. The summed E-state index contributed by atoms with van der Waals surface area (Å²) in [5.41, 5.74) is 0.328. The third-order valence-electron chi connectivity index (χ3n) is 3.80. The van der Waals surface area contributed by atoms with E-state index in [0.717, 1.165) is 36.8 Å². The van der Waals surface area contributed by atoms with Crippen LogP contribution in [-0.4, -0.2) is 27.8 Å². The second kappa shape index (κ2) is 7.71. The molecule has 0 aromatic carbocycles. The maximum absolute atomic E-state index is 11.0. The van der Waals surface area contributed by atoms with Crippen molar-refractivity contribution < 1.29 is 19.6 Å². The van der Waals surface area contributed by atoms with Crippen LogP contribution in [0.25, 0.3) is 0 Å². The van der Waals surface area contributed by atoms with E-state index >= 15 is 0 Å². The highest BCUT2D eigenvalue weighted by Crippen LogP contribution is 2.30. The molecular weight excluding hydrogens is 274 g/mol. The van der Waals surface area contributed by atoms with Crippen molar-refractivity contribution in [3.05, 3.63) is 33.4 Å². The number of nitrogens with zero attached hydrogens (tertiary/aromatic N) is 1. The molecule has 0 saturated heterocycles. The van der Waals surface area contributed by atoms with Gasteiger partial charge in [0, 0.05) is 17.4 Å². The van der Waals surface area contributed by atoms with Crippen LogP contribution in [0.15, 0.2) is 23.3 Å². The van der Waals surface area contributed by atoms with E-state index in [1.54, 1.807) is 6.08 Å². The molecule has 6 heteroatoms. The molecule has 21 heavy (non-hydrogen) atoms. The number of hydrogen-bond donors (Lipinski definition) is 1. The van der Waals surface area contributed by atoms with Crippen molar-refractivity contribution in [3.8, 4) is 0 Å². The fraction of sp³-hybridized carbons (Fsp3) is 0.600. The van der Waals surface area contributed by atoms with Crippen molar-refractivity contribution in [2.24, 2.45) is 0 Å². The SMILES string of the molecule is CC1=C(CCCCCCC(=O)O)C=CC(C=O)([N+](=O)[O-])C1. The van der Waals surface area contributed by atoms with Crippen LogP contribution in [0.1, 0.15) is 51.9 Å². The molecule has 0 radical (unpaired) electrons. The number of rotatable bonds is 9. The van der Waals surface area contributed by atoms with Gasteiger partial charge in [0.2, 0.25) is 6.29 Å². The average Bonchev–Trinajstić information content (AvgIpc) is 2.43. The number of carbonyl (C=O) groups excluding carboxylic acids is 1. The van der Waals surface area contributed by atoms with E-state index in [1.165, 1.54) is 6.08 Å². The second-order valence-electron chi connectivity index (χ2n) is 5.49. The lowest BCUT2D eigenvalue weighted by atomic mass is 9.84. The Balaban J connectivity index is 2.42. The fourth-order valence-corrected chi connectivity index (χ4v) is 2.48. The molecule has 0 fully saturated rings. The van der Waals surface area contributed by atoms with Gasteiger partial charge in [0.15, 0.2) is 0 Å². The Kier molecular flexibility index (Phi) is 6.27. The number of aliphatic carboxylic acids is 1. The lowest BCUT2D eigenvalue weighted by Crippen LogP contribution is -2.39. The normalized spacial score (nSPS) is 21.4. The summed E-state index contributed by atoms with van der Waals surface area (Å²) in [5.74, 6) is -0.770. The molecule has 1 atom stereocenters. The monoisotopic (exact) mass is 295 g/mol. The highest BCUT2D eigenvalue weighted by Gasteiger charge is 2.42. The molecule has 116 valence electrons. The molecule has 1 aliphatic carbocycles. The molecule has 1 unspecified atom stereocenters. The van der Waals surface area contributed by atoms with Crippen molar-refractivity contribution in [3.63, 3.8) is 0 Å². The van der Waals surface area contributed by atoms with Crippen LogP contribution < -0.4 is 0 Å². The fourth-order valence-electron chi connectivity index (χ4n) is 2.48. The van der Waals surface area contributed by atoms with E-state index in [-0.39, 0.29) is 12.8 Å². The molecule has 0 saturated carbocycles. The van der Waals surface area contributed by atoms with Crippen LogP contribution >= 0.6 is 0 Å². The Morgan fingerprint density at radius 2 is 2.10 bits per heavy atom.